The summed E-state index contributed by atoms with van der Waals surface area (Å²) in [6, 6.07) is 5.49. The summed E-state index contributed by atoms with van der Waals surface area (Å²) in [6.07, 6.45) is -1.38. The summed E-state index contributed by atoms with van der Waals surface area (Å²) in [6.45, 7) is 10.4. The minimum atomic E-state index is -4.33. The zero-order chi connectivity index (χ0) is 21.9. The number of halogens is 3. The van der Waals surface area contributed by atoms with E-state index in [1.807, 2.05) is 4.90 Å². The Morgan fingerprint density at radius 1 is 1.17 bits per heavy atom. The van der Waals surface area contributed by atoms with Crippen LogP contribution >= 0.6 is 0 Å². The van der Waals surface area contributed by atoms with Gasteiger partial charge in [-0.05, 0) is 48.8 Å². The van der Waals surface area contributed by atoms with Crippen LogP contribution in [0.5, 0.6) is 0 Å². The minimum absolute atomic E-state index is 0.205. The van der Waals surface area contributed by atoms with Gasteiger partial charge in [0.05, 0.1) is 24.4 Å². The Bertz CT molecular complexity index is 687. The molecule has 1 aliphatic carbocycles. The fraction of sp³-hybridized carbons (Fsp3) is 0.739. The molecule has 1 heterocycles. The van der Waals surface area contributed by atoms with Crippen molar-refractivity contribution in [3.05, 3.63) is 29.8 Å². The maximum Gasteiger partial charge on any atom is 0.416 e. The second-order valence-corrected chi connectivity index (χ2v) is 9.86. The number of rotatable bonds is 6. The number of benzene rings is 1. The molecule has 1 saturated heterocycles. The Balaban J connectivity index is 1.42. The molecule has 1 aliphatic heterocycles. The first-order chi connectivity index (χ1) is 14.0. The van der Waals surface area contributed by atoms with Crippen molar-refractivity contribution in [1.82, 2.24) is 4.90 Å². The van der Waals surface area contributed by atoms with Gasteiger partial charge in [-0.1, -0.05) is 26.8 Å². The number of nitrogens with zero attached hydrogens (tertiary/aromatic N) is 2. The van der Waals surface area contributed by atoms with E-state index in [4.69, 9.17) is 4.74 Å². The van der Waals surface area contributed by atoms with E-state index in [9.17, 15) is 18.3 Å². The van der Waals surface area contributed by atoms with Gasteiger partial charge in [0.25, 0.3) is 0 Å². The molecule has 2 fully saturated rings. The molecular formula is C23H35F3N2O2. The maximum absolute atomic E-state index is 12.9. The molecule has 1 aromatic rings. The monoisotopic (exact) mass is 428 g/mol. The molecule has 0 spiro atoms. The van der Waals surface area contributed by atoms with Gasteiger partial charge >= 0.3 is 6.18 Å². The first kappa shape index (κ1) is 23.4. The highest BCUT2D eigenvalue weighted by Gasteiger charge is 2.33. The number of ether oxygens (including phenoxy) is 1. The number of hydrogen-bond donors (Lipinski definition) is 1. The van der Waals surface area contributed by atoms with Gasteiger partial charge in [0, 0.05) is 38.4 Å². The topological polar surface area (TPSA) is 35.9 Å². The molecule has 1 N–H and O–H groups in total. The maximum atomic E-state index is 12.9. The third-order valence-electron chi connectivity index (χ3n) is 6.25. The molecule has 30 heavy (non-hydrogen) atoms. The number of hydrogen-bond acceptors (Lipinski definition) is 4. The van der Waals surface area contributed by atoms with E-state index < -0.39 is 17.8 Å². The average molecular weight is 429 g/mol. The van der Waals surface area contributed by atoms with Crippen LogP contribution in [0.25, 0.3) is 0 Å². The summed E-state index contributed by atoms with van der Waals surface area (Å²) in [5.74, 6) is 0.639. The van der Waals surface area contributed by atoms with E-state index in [1.165, 1.54) is 18.6 Å². The molecule has 0 unspecified atom stereocenters. The van der Waals surface area contributed by atoms with Gasteiger partial charge in [-0.15, -0.1) is 0 Å². The molecule has 7 heteroatoms. The van der Waals surface area contributed by atoms with Crippen molar-refractivity contribution in [2.24, 2.45) is 11.3 Å². The smallest absolute Gasteiger partial charge is 0.389 e. The first-order valence-corrected chi connectivity index (χ1v) is 11.0. The third-order valence-corrected chi connectivity index (χ3v) is 6.25. The van der Waals surface area contributed by atoms with E-state index in [0.29, 0.717) is 50.9 Å². The van der Waals surface area contributed by atoms with E-state index in [2.05, 4.69) is 25.7 Å². The number of aliphatic hydroxyl groups excluding tert-OH is 1. The van der Waals surface area contributed by atoms with Crippen molar-refractivity contribution < 1.29 is 23.0 Å². The predicted molar refractivity (Wildman–Crippen MR) is 113 cm³/mol. The third kappa shape index (κ3) is 6.59. The Morgan fingerprint density at radius 2 is 1.87 bits per heavy atom. The Hall–Kier alpha value is -1.31. The Kier molecular flexibility index (Phi) is 7.36. The molecular weight excluding hydrogens is 393 g/mol. The molecule has 2 aliphatic rings. The first-order valence-electron chi connectivity index (χ1n) is 11.0. The molecule has 3 atom stereocenters. The molecule has 0 aromatic heterocycles. The molecule has 4 nitrogen and oxygen atoms in total. The lowest BCUT2D eigenvalue weighted by Crippen LogP contribution is -2.49. The van der Waals surface area contributed by atoms with Crippen LogP contribution in [0.2, 0.25) is 0 Å². The summed E-state index contributed by atoms with van der Waals surface area (Å²) < 4.78 is 44.9. The van der Waals surface area contributed by atoms with Gasteiger partial charge in [-0.25, -0.2) is 0 Å². The molecule has 0 bridgehead atoms. The quantitative estimate of drug-likeness (QED) is 0.728. The van der Waals surface area contributed by atoms with Gasteiger partial charge in [0.15, 0.2) is 0 Å². The van der Waals surface area contributed by atoms with Gasteiger partial charge in [-0.3, -0.25) is 4.90 Å². The van der Waals surface area contributed by atoms with E-state index >= 15 is 0 Å². The number of β-amino-alcohol motifs (C(OH)–C–C–N with tert-alkyl or cyclic N) is 1. The van der Waals surface area contributed by atoms with Crippen molar-refractivity contribution in [3.8, 4) is 0 Å². The predicted octanol–water partition coefficient (Wildman–Crippen LogP) is 4.42. The summed E-state index contributed by atoms with van der Waals surface area (Å²) in [5, 5.41) is 10.4. The zero-order valence-corrected chi connectivity index (χ0v) is 18.3. The van der Waals surface area contributed by atoms with Gasteiger partial charge in [0.2, 0.25) is 0 Å². The molecule has 0 radical (unpaired) electrons. The normalized spacial score (nSPS) is 26.6. The van der Waals surface area contributed by atoms with Gasteiger partial charge in [-0.2, -0.15) is 13.2 Å². The SMILES string of the molecule is C[C@H]1C[C@@H](OC[C@H](O)CN2CCN(c3cccc(C(F)(F)F)c3)CC2)CC(C)(C)C1. The zero-order valence-electron chi connectivity index (χ0n) is 18.3. The molecule has 170 valence electrons. The largest absolute Gasteiger partial charge is 0.416 e. The highest BCUT2D eigenvalue weighted by atomic mass is 19.4. The molecule has 1 saturated carbocycles. The average Bonchev–Trinajstić information content (AvgIpc) is 2.65. The van der Waals surface area contributed by atoms with Crippen LogP contribution in [-0.4, -0.2) is 61.5 Å². The van der Waals surface area contributed by atoms with Gasteiger partial charge in [0.1, 0.15) is 0 Å². The Labute approximate surface area is 178 Å². The van der Waals surface area contributed by atoms with Crippen molar-refractivity contribution in [2.75, 3.05) is 44.2 Å². The lowest BCUT2D eigenvalue weighted by atomic mass is 9.71. The van der Waals surface area contributed by atoms with Crippen LogP contribution in [0.4, 0.5) is 18.9 Å². The van der Waals surface area contributed by atoms with Crippen LogP contribution in [-0.2, 0) is 10.9 Å². The van der Waals surface area contributed by atoms with Crippen molar-refractivity contribution >= 4 is 5.69 Å². The molecule has 1 aromatic carbocycles. The van der Waals surface area contributed by atoms with E-state index in [0.717, 1.165) is 18.9 Å². The minimum Gasteiger partial charge on any atom is -0.389 e. The lowest BCUT2D eigenvalue weighted by molar-refractivity contribution is -0.137. The number of aliphatic hydroxyl groups is 1. The highest BCUT2D eigenvalue weighted by Crippen LogP contribution is 2.39. The summed E-state index contributed by atoms with van der Waals surface area (Å²) in [4.78, 5) is 4.13. The standard InChI is InChI=1S/C23H35F3N2O2/c1-17-11-21(14-22(2,3)13-17)30-16-20(29)15-27-7-9-28(10-8-27)19-6-4-5-18(12-19)23(24,25)26/h4-6,12,17,20-21,29H,7-11,13-16H2,1-3H3/t17-,20+,21+/m0/s1. The second-order valence-electron chi connectivity index (χ2n) is 9.86. The summed E-state index contributed by atoms with van der Waals surface area (Å²) in [5.41, 5.74) is 0.269. The van der Waals surface area contributed by atoms with Crippen LogP contribution in [0.3, 0.4) is 0 Å². The molecule has 3 rings (SSSR count). The lowest BCUT2D eigenvalue weighted by Gasteiger charge is -2.39. The van der Waals surface area contributed by atoms with E-state index in [1.54, 1.807) is 6.07 Å². The van der Waals surface area contributed by atoms with Crippen LogP contribution in [0.15, 0.2) is 24.3 Å². The number of piperazine rings is 1. The van der Waals surface area contributed by atoms with Crippen LogP contribution in [0.1, 0.15) is 45.6 Å². The fourth-order valence-corrected chi connectivity index (χ4v) is 5.05. The van der Waals surface area contributed by atoms with Crippen molar-refractivity contribution in [1.29, 1.82) is 0 Å². The number of anilines is 1. The van der Waals surface area contributed by atoms with E-state index in [-0.39, 0.29) is 11.5 Å². The van der Waals surface area contributed by atoms with Gasteiger partial charge < -0.3 is 14.7 Å². The fourth-order valence-electron chi connectivity index (χ4n) is 5.05. The summed E-state index contributed by atoms with van der Waals surface area (Å²) >= 11 is 0. The van der Waals surface area contributed by atoms with Crippen LogP contribution in [0, 0.1) is 11.3 Å². The molecule has 0 amide bonds. The van der Waals surface area contributed by atoms with Crippen LogP contribution < -0.4 is 4.90 Å². The Morgan fingerprint density at radius 3 is 2.50 bits per heavy atom. The van der Waals surface area contributed by atoms with Crippen molar-refractivity contribution in [3.63, 3.8) is 0 Å². The second kappa shape index (κ2) is 9.45. The van der Waals surface area contributed by atoms with Crippen molar-refractivity contribution in [2.45, 2.75) is 58.4 Å². The number of alkyl halides is 3. The summed E-state index contributed by atoms with van der Waals surface area (Å²) in [7, 11) is 0. The highest BCUT2D eigenvalue weighted by molar-refractivity contribution is 5.49.